The van der Waals surface area contributed by atoms with Gasteiger partial charge in [0.05, 0.1) is 6.04 Å². The van der Waals surface area contributed by atoms with Crippen molar-refractivity contribution in [1.29, 1.82) is 0 Å². The summed E-state index contributed by atoms with van der Waals surface area (Å²) < 4.78 is 0. The van der Waals surface area contributed by atoms with Gasteiger partial charge in [0.15, 0.2) is 0 Å². The van der Waals surface area contributed by atoms with Crippen LogP contribution in [0.2, 0.25) is 0 Å². The summed E-state index contributed by atoms with van der Waals surface area (Å²) in [6.07, 6.45) is 2.11. The minimum Gasteiger partial charge on any atom is -0.465 e. The van der Waals surface area contributed by atoms with Crippen LogP contribution < -0.4 is 5.73 Å². The Kier molecular flexibility index (Phi) is 2.99. The largest absolute Gasteiger partial charge is 0.465 e. The van der Waals surface area contributed by atoms with Crippen LogP contribution in [-0.2, 0) is 0 Å². The molecule has 0 bridgehead atoms. The van der Waals surface area contributed by atoms with Gasteiger partial charge in [0, 0.05) is 12.2 Å². The quantitative estimate of drug-likeness (QED) is 0.714. The highest BCUT2D eigenvalue weighted by atomic mass is 16.4. The van der Waals surface area contributed by atoms with Crippen molar-refractivity contribution in [2.45, 2.75) is 25.3 Å². The molecule has 0 aliphatic carbocycles. The van der Waals surface area contributed by atoms with Crippen LogP contribution in [0, 0.1) is 0 Å². The Hall–Kier alpha value is -1.71. The monoisotopic (exact) mass is 220 g/mol. The number of carboxylic acid groups (broad SMARTS) is 1. The van der Waals surface area contributed by atoms with Gasteiger partial charge in [-0.05, 0) is 37.0 Å². The topological polar surface area (TPSA) is 66.6 Å². The highest BCUT2D eigenvalue weighted by Crippen LogP contribution is 2.31. The van der Waals surface area contributed by atoms with Crippen LogP contribution in [0.3, 0.4) is 0 Å². The predicted octanol–water partition coefficient (Wildman–Crippen LogP) is 2.47. The first-order valence-corrected chi connectivity index (χ1v) is 5.53. The zero-order valence-corrected chi connectivity index (χ0v) is 9.10. The molecule has 4 nitrogen and oxygen atoms in total. The van der Waals surface area contributed by atoms with E-state index in [2.05, 4.69) is 0 Å². The molecule has 86 valence electrons. The van der Waals surface area contributed by atoms with Crippen molar-refractivity contribution in [3.8, 4) is 0 Å². The maximum atomic E-state index is 11.1. The summed E-state index contributed by atoms with van der Waals surface area (Å²) in [7, 11) is 0. The number of amides is 1. The average Bonchev–Trinajstić information content (AvgIpc) is 2.30. The third-order valence-corrected chi connectivity index (χ3v) is 3.07. The van der Waals surface area contributed by atoms with E-state index in [-0.39, 0.29) is 6.04 Å². The standard InChI is InChI=1S/C12H16N2O2/c13-10-6-4-9(5-7-10)11-3-1-2-8-14(11)12(15)16/h4-7,11H,1-3,8,13H2,(H,15,16). The molecule has 4 heteroatoms. The molecule has 1 aliphatic heterocycles. The number of hydrogen-bond donors (Lipinski definition) is 2. The summed E-state index contributed by atoms with van der Waals surface area (Å²) in [4.78, 5) is 12.6. The minimum atomic E-state index is -0.832. The molecule has 1 atom stereocenters. The van der Waals surface area contributed by atoms with Gasteiger partial charge in [-0.1, -0.05) is 12.1 Å². The van der Waals surface area contributed by atoms with E-state index in [1.807, 2.05) is 24.3 Å². The van der Waals surface area contributed by atoms with E-state index < -0.39 is 6.09 Å². The fraction of sp³-hybridized carbons (Fsp3) is 0.417. The number of hydrogen-bond acceptors (Lipinski definition) is 2. The SMILES string of the molecule is Nc1ccc(C2CCCCN2C(=O)O)cc1. The number of anilines is 1. The van der Waals surface area contributed by atoms with E-state index >= 15 is 0 Å². The van der Waals surface area contributed by atoms with Gasteiger partial charge in [-0.15, -0.1) is 0 Å². The fourth-order valence-electron chi connectivity index (χ4n) is 2.23. The summed E-state index contributed by atoms with van der Waals surface area (Å²) in [6, 6.07) is 7.48. The molecule has 1 amide bonds. The molecule has 2 rings (SSSR count). The first kappa shape index (κ1) is 10.8. The van der Waals surface area contributed by atoms with Crippen LogP contribution in [0.4, 0.5) is 10.5 Å². The third kappa shape index (κ3) is 2.10. The summed E-state index contributed by atoms with van der Waals surface area (Å²) in [5, 5.41) is 9.13. The lowest BCUT2D eigenvalue weighted by molar-refractivity contribution is 0.107. The Balaban J connectivity index is 2.23. The molecule has 1 aliphatic rings. The molecule has 16 heavy (non-hydrogen) atoms. The second-order valence-electron chi connectivity index (χ2n) is 4.15. The smallest absolute Gasteiger partial charge is 0.407 e. The lowest BCUT2D eigenvalue weighted by atomic mass is 9.95. The summed E-state index contributed by atoms with van der Waals surface area (Å²) in [5.41, 5.74) is 7.37. The molecule has 1 aromatic rings. The Morgan fingerprint density at radius 2 is 2.00 bits per heavy atom. The Bertz CT molecular complexity index is 375. The van der Waals surface area contributed by atoms with Gasteiger partial charge in [0.25, 0.3) is 0 Å². The molecule has 0 aromatic heterocycles. The Morgan fingerprint density at radius 3 is 2.62 bits per heavy atom. The van der Waals surface area contributed by atoms with Crippen molar-refractivity contribution < 1.29 is 9.90 Å². The van der Waals surface area contributed by atoms with Crippen molar-refractivity contribution >= 4 is 11.8 Å². The van der Waals surface area contributed by atoms with Gasteiger partial charge in [0.1, 0.15) is 0 Å². The number of benzene rings is 1. The Morgan fingerprint density at radius 1 is 1.31 bits per heavy atom. The zero-order valence-electron chi connectivity index (χ0n) is 9.10. The number of nitrogens with zero attached hydrogens (tertiary/aromatic N) is 1. The predicted molar refractivity (Wildman–Crippen MR) is 62.2 cm³/mol. The molecule has 1 unspecified atom stereocenters. The van der Waals surface area contributed by atoms with Crippen molar-refractivity contribution in [1.82, 2.24) is 4.90 Å². The first-order chi connectivity index (χ1) is 7.68. The van der Waals surface area contributed by atoms with Gasteiger partial charge in [0.2, 0.25) is 0 Å². The van der Waals surface area contributed by atoms with E-state index in [9.17, 15) is 4.79 Å². The molecular formula is C12H16N2O2. The molecule has 0 radical (unpaired) electrons. The molecule has 0 spiro atoms. The minimum absolute atomic E-state index is 0.00755. The van der Waals surface area contributed by atoms with Crippen molar-refractivity contribution in [3.05, 3.63) is 29.8 Å². The van der Waals surface area contributed by atoms with Crippen LogP contribution in [0.25, 0.3) is 0 Å². The molecular weight excluding hydrogens is 204 g/mol. The molecule has 3 N–H and O–H groups in total. The zero-order chi connectivity index (χ0) is 11.5. The lowest BCUT2D eigenvalue weighted by Crippen LogP contribution is -2.37. The van der Waals surface area contributed by atoms with Crippen molar-refractivity contribution in [2.24, 2.45) is 0 Å². The van der Waals surface area contributed by atoms with Gasteiger partial charge in [-0.2, -0.15) is 0 Å². The second-order valence-corrected chi connectivity index (χ2v) is 4.15. The number of piperidine rings is 1. The number of carbonyl (C=O) groups is 1. The normalized spacial score (nSPS) is 20.8. The summed E-state index contributed by atoms with van der Waals surface area (Å²) in [6.45, 7) is 0.629. The van der Waals surface area contributed by atoms with E-state index in [1.165, 1.54) is 4.90 Å². The van der Waals surface area contributed by atoms with E-state index in [1.54, 1.807) is 0 Å². The summed E-state index contributed by atoms with van der Waals surface area (Å²) >= 11 is 0. The van der Waals surface area contributed by atoms with Gasteiger partial charge >= 0.3 is 6.09 Å². The lowest BCUT2D eigenvalue weighted by Gasteiger charge is -2.33. The number of likely N-dealkylation sites (tertiary alicyclic amines) is 1. The van der Waals surface area contributed by atoms with Gasteiger partial charge < -0.3 is 15.7 Å². The fourth-order valence-corrected chi connectivity index (χ4v) is 2.23. The Labute approximate surface area is 94.7 Å². The van der Waals surface area contributed by atoms with Gasteiger partial charge in [-0.3, -0.25) is 0 Å². The second kappa shape index (κ2) is 4.43. The third-order valence-electron chi connectivity index (χ3n) is 3.07. The highest BCUT2D eigenvalue weighted by molar-refractivity contribution is 5.66. The number of nitrogen functional groups attached to an aromatic ring is 1. The van der Waals surface area contributed by atoms with Crippen LogP contribution in [-0.4, -0.2) is 22.6 Å². The highest BCUT2D eigenvalue weighted by Gasteiger charge is 2.27. The molecule has 1 aromatic carbocycles. The van der Waals surface area contributed by atoms with Crippen LogP contribution >= 0.6 is 0 Å². The van der Waals surface area contributed by atoms with Crippen molar-refractivity contribution in [3.63, 3.8) is 0 Å². The molecule has 0 saturated carbocycles. The van der Waals surface area contributed by atoms with Crippen LogP contribution in [0.15, 0.2) is 24.3 Å². The summed E-state index contributed by atoms with van der Waals surface area (Å²) in [5.74, 6) is 0. The molecule has 1 saturated heterocycles. The maximum Gasteiger partial charge on any atom is 0.407 e. The first-order valence-electron chi connectivity index (χ1n) is 5.53. The average molecular weight is 220 g/mol. The maximum absolute atomic E-state index is 11.1. The van der Waals surface area contributed by atoms with Crippen LogP contribution in [0.1, 0.15) is 30.9 Å². The van der Waals surface area contributed by atoms with E-state index in [0.29, 0.717) is 12.2 Å². The molecule has 1 fully saturated rings. The van der Waals surface area contributed by atoms with E-state index in [0.717, 1.165) is 24.8 Å². The van der Waals surface area contributed by atoms with Crippen LogP contribution in [0.5, 0.6) is 0 Å². The van der Waals surface area contributed by atoms with E-state index in [4.69, 9.17) is 10.8 Å². The number of rotatable bonds is 1. The molecule has 1 heterocycles. The van der Waals surface area contributed by atoms with Gasteiger partial charge in [-0.25, -0.2) is 4.79 Å². The number of nitrogens with two attached hydrogens (primary N) is 1. The van der Waals surface area contributed by atoms with Crippen molar-refractivity contribution in [2.75, 3.05) is 12.3 Å².